The molecule has 0 N–H and O–H groups in total. The van der Waals surface area contributed by atoms with E-state index in [1.165, 1.54) is 13.3 Å². The Hall–Kier alpha value is -2.37. The lowest BCUT2D eigenvalue weighted by molar-refractivity contribution is -0.137. The second-order valence-corrected chi connectivity index (χ2v) is 3.80. The molecule has 1 rings (SSSR count). The van der Waals surface area contributed by atoms with Crippen LogP contribution in [0.15, 0.2) is 31.0 Å². The fraction of sp³-hybridized carbons (Fsp3) is 0.357. The molecule has 0 saturated heterocycles. The fourth-order valence-electron chi connectivity index (χ4n) is 1.32. The van der Waals surface area contributed by atoms with Crippen molar-refractivity contribution in [3.63, 3.8) is 0 Å². The van der Waals surface area contributed by atoms with E-state index < -0.39 is 11.9 Å². The van der Waals surface area contributed by atoms with Crippen LogP contribution >= 0.6 is 0 Å². The first-order chi connectivity index (χ1) is 9.67. The molecule has 1 heterocycles. The van der Waals surface area contributed by atoms with Gasteiger partial charge >= 0.3 is 11.9 Å². The van der Waals surface area contributed by atoms with Gasteiger partial charge in [-0.15, -0.1) is 0 Å². The molecule has 0 aliphatic heterocycles. The number of rotatable bonds is 8. The molecular weight excluding hydrogens is 262 g/mol. The number of methoxy groups -OCH3 is 1. The van der Waals surface area contributed by atoms with Crippen LogP contribution in [-0.4, -0.2) is 37.2 Å². The van der Waals surface area contributed by atoms with Gasteiger partial charge in [0.05, 0.1) is 25.9 Å². The lowest BCUT2D eigenvalue weighted by Crippen LogP contribution is -2.05. The highest BCUT2D eigenvalue weighted by molar-refractivity contribution is 5.88. The van der Waals surface area contributed by atoms with Gasteiger partial charge in [-0.05, 0) is 18.9 Å². The second kappa shape index (κ2) is 8.68. The minimum atomic E-state index is -0.437. The molecule has 1 aromatic heterocycles. The summed E-state index contributed by atoms with van der Waals surface area (Å²) in [6, 6.07) is 3.18. The Bertz CT molecular complexity index is 455. The Morgan fingerprint density at radius 3 is 2.65 bits per heavy atom. The van der Waals surface area contributed by atoms with Gasteiger partial charge in [0.2, 0.25) is 5.88 Å². The number of hydrogen-bond acceptors (Lipinski definition) is 6. The van der Waals surface area contributed by atoms with Gasteiger partial charge in [-0.2, -0.15) is 0 Å². The van der Waals surface area contributed by atoms with Gasteiger partial charge < -0.3 is 14.2 Å². The van der Waals surface area contributed by atoms with E-state index in [2.05, 4.69) is 16.3 Å². The molecule has 20 heavy (non-hydrogen) atoms. The van der Waals surface area contributed by atoms with Crippen LogP contribution in [0.5, 0.6) is 5.88 Å². The Morgan fingerprint density at radius 2 is 2.05 bits per heavy atom. The summed E-state index contributed by atoms with van der Waals surface area (Å²) in [7, 11) is 1.31. The molecule has 0 amide bonds. The van der Waals surface area contributed by atoms with Crippen LogP contribution in [0.1, 0.15) is 23.2 Å². The highest BCUT2D eigenvalue weighted by Gasteiger charge is 2.05. The van der Waals surface area contributed by atoms with Crippen LogP contribution in [0.2, 0.25) is 0 Å². The van der Waals surface area contributed by atoms with Crippen molar-refractivity contribution in [2.24, 2.45) is 0 Å². The zero-order valence-electron chi connectivity index (χ0n) is 11.3. The maximum atomic E-state index is 11.2. The smallest absolute Gasteiger partial charge is 0.339 e. The summed E-state index contributed by atoms with van der Waals surface area (Å²) >= 11 is 0. The molecule has 0 aliphatic rings. The van der Waals surface area contributed by atoms with Gasteiger partial charge in [-0.3, -0.25) is 0 Å². The predicted molar refractivity (Wildman–Crippen MR) is 71.5 cm³/mol. The maximum Gasteiger partial charge on any atom is 0.339 e. The first kappa shape index (κ1) is 15.7. The predicted octanol–water partition coefficient (Wildman–Crippen LogP) is 1.76. The summed E-state index contributed by atoms with van der Waals surface area (Å²) in [6.45, 7) is 4.09. The standard InChI is InChI=1S/C14H17NO5/c1-3-13(16)20-9-5-4-8-19-12-7-6-11(10-15-12)14(17)18-2/h3,6-7,10H,1,4-5,8-9H2,2H3. The van der Waals surface area contributed by atoms with Gasteiger partial charge in [0, 0.05) is 18.3 Å². The van der Waals surface area contributed by atoms with Crippen molar-refractivity contribution in [3.8, 4) is 5.88 Å². The van der Waals surface area contributed by atoms with E-state index >= 15 is 0 Å². The zero-order chi connectivity index (χ0) is 14.8. The SMILES string of the molecule is C=CC(=O)OCCCCOc1ccc(C(=O)OC)cn1. The Balaban J connectivity index is 2.20. The molecule has 0 radical (unpaired) electrons. The fourth-order valence-corrected chi connectivity index (χ4v) is 1.32. The average Bonchev–Trinajstić information content (AvgIpc) is 2.50. The van der Waals surface area contributed by atoms with Gasteiger partial charge in [0.25, 0.3) is 0 Å². The maximum absolute atomic E-state index is 11.2. The Kier molecular flexibility index (Phi) is 6.81. The summed E-state index contributed by atoms with van der Waals surface area (Å²) < 4.78 is 14.8. The number of unbranched alkanes of at least 4 members (excludes halogenated alkanes) is 1. The highest BCUT2D eigenvalue weighted by Crippen LogP contribution is 2.09. The summed E-state index contributed by atoms with van der Waals surface area (Å²) in [5, 5.41) is 0. The third-order valence-corrected chi connectivity index (χ3v) is 2.36. The van der Waals surface area contributed by atoms with E-state index in [9.17, 15) is 9.59 Å². The minimum Gasteiger partial charge on any atom is -0.478 e. The van der Waals surface area contributed by atoms with Crippen molar-refractivity contribution in [2.45, 2.75) is 12.8 Å². The van der Waals surface area contributed by atoms with Gasteiger partial charge in [0.1, 0.15) is 0 Å². The van der Waals surface area contributed by atoms with Crippen molar-refractivity contribution in [1.29, 1.82) is 0 Å². The molecule has 0 spiro atoms. The van der Waals surface area contributed by atoms with E-state index in [0.717, 1.165) is 12.5 Å². The van der Waals surface area contributed by atoms with Crippen LogP contribution < -0.4 is 4.74 Å². The number of ether oxygens (including phenoxy) is 3. The molecule has 0 bridgehead atoms. The van der Waals surface area contributed by atoms with E-state index in [1.807, 2.05) is 0 Å². The largest absolute Gasteiger partial charge is 0.478 e. The minimum absolute atomic E-state index is 0.336. The number of esters is 2. The van der Waals surface area contributed by atoms with E-state index in [0.29, 0.717) is 31.1 Å². The second-order valence-electron chi connectivity index (χ2n) is 3.80. The number of pyridine rings is 1. The van der Waals surface area contributed by atoms with Gasteiger partial charge in [-0.1, -0.05) is 6.58 Å². The summed E-state index contributed by atoms with van der Waals surface area (Å²) in [5.74, 6) is -0.431. The van der Waals surface area contributed by atoms with Crippen LogP contribution in [0.4, 0.5) is 0 Å². The van der Waals surface area contributed by atoms with Crippen LogP contribution in [0.3, 0.4) is 0 Å². The van der Waals surface area contributed by atoms with Crippen molar-refractivity contribution in [3.05, 3.63) is 36.5 Å². The lowest BCUT2D eigenvalue weighted by Gasteiger charge is -2.06. The zero-order valence-corrected chi connectivity index (χ0v) is 11.3. The third kappa shape index (κ3) is 5.51. The molecule has 108 valence electrons. The average molecular weight is 279 g/mol. The van der Waals surface area contributed by atoms with Gasteiger partial charge in [-0.25, -0.2) is 14.6 Å². The summed E-state index contributed by atoms with van der Waals surface area (Å²) in [6.07, 6.45) is 3.95. The van der Waals surface area contributed by atoms with Crippen molar-refractivity contribution >= 4 is 11.9 Å². The first-order valence-electron chi connectivity index (χ1n) is 6.13. The normalized spacial score (nSPS) is 9.65. The molecule has 0 aliphatic carbocycles. The van der Waals surface area contributed by atoms with Crippen molar-refractivity contribution in [1.82, 2.24) is 4.98 Å². The molecule has 6 nitrogen and oxygen atoms in total. The van der Waals surface area contributed by atoms with E-state index in [1.54, 1.807) is 12.1 Å². The van der Waals surface area contributed by atoms with Crippen molar-refractivity contribution < 1.29 is 23.8 Å². The molecule has 0 atom stereocenters. The highest BCUT2D eigenvalue weighted by atomic mass is 16.5. The van der Waals surface area contributed by atoms with E-state index in [-0.39, 0.29) is 0 Å². The number of aromatic nitrogens is 1. The number of carbonyl (C=O) groups excluding carboxylic acids is 2. The summed E-state index contributed by atoms with van der Waals surface area (Å²) in [4.78, 5) is 25.9. The first-order valence-corrected chi connectivity index (χ1v) is 6.13. The lowest BCUT2D eigenvalue weighted by atomic mass is 10.3. The summed E-state index contributed by atoms with van der Waals surface area (Å²) in [5.41, 5.74) is 0.371. The van der Waals surface area contributed by atoms with E-state index in [4.69, 9.17) is 9.47 Å². The molecule has 1 aromatic rings. The molecular formula is C14H17NO5. The van der Waals surface area contributed by atoms with Crippen LogP contribution in [0, 0.1) is 0 Å². The monoisotopic (exact) mass is 279 g/mol. The molecule has 0 aromatic carbocycles. The molecule has 0 fully saturated rings. The van der Waals surface area contributed by atoms with Crippen LogP contribution in [-0.2, 0) is 14.3 Å². The quantitative estimate of drug-likeness (QED) is 0.410. The van der Waals surface area contributed by atoms with Crippen molar-refractivity contribution in [2.75, 3.05) is 20.3 Å². The molecule has 0 saturated carbocycles. The third-order valence-electron chi connectivity index (χ3n) is 2.36. The number of nitrogens with zero attached hydrogens (tertiary/aromatic N) is 1. The molecule has 6 heteroatoms. The topological polar surface area (TPSA) is 74.7 Å². The Morgan fingerprint density at radius 1 is 1.30 bits per heavy atom. The molecule has 0 unspecified atom stereocenters. The number of carbonyl (C=O) groups is 2. The Labute approximate surface area is 117 Å². The van der Waals surface area contributed by atoms with Crippen LogP contribution in [0.25, 0.3) is 0 Å². The number of hydrogen-bond donors (Lipinski definition) is 0. The van der Waals surface area contributed by atoms with Gasteiger partial charge in [0.15, 0.2) is 0 Å².